The summed E-state index contributed by atoms with van der Waals surface area (Å²) >= 11 is 5.64. The number of nitrogens with one attached hydrogen (secondary N) is 1. The van der Waals surface area contributed by atoms with Crippen molar-refractivity contribution in [3.05, 3.63) is 12.2 Å². The lowest BCUT2D eigenvalue weighted by atomic mass is 9.93. The predicted octanol–water partition coefficient (Wildman–Crippen LogP) is 3.59. The number of halogens is 1. The van der Waals surface area contributed by atoms with Gasteiger partial charge in [0.2, 0.25) is 0 Å². The highest BCUT2D eigenvalue weighted by molar-refractivity contribution is 6.17. The molecule has 0 radical (unpaired) electrons. The third kappa shape index (κ3) is 7.40. The van der Waals surface area contributed by atoms with Crippen molar-refractivity contribution in [2.75, 3.05) is 19.5 Å². The maximum absolute atomic E-state index is 5.64. The molecule has 0 aliphatic rings. The SMILES string of the molecule is C=C(CCCNC)C(C)CCCCCl. The average molecular weight is 218 g/mol. The van der Waals surface area contributed by atoms with Crippen molar-refractivity contribution in [2.24, 2.45) is 5.92 Å². The van der Waals surface area contributed by atoms with Crippen LogP contribution >= 0.6 is 11.6 Å². The molecule has 0 fully saturated rings. The van der Waals surface area contributed by atoms with Gasteiger partial charge in [0.05, 0.1) is 0 Å². The van der Waals surface area contributed by atoms with E-state index in [1.54, 1.807) is 0 Å². The first-order valence-corrected chi connectivity index (χ1v) is 6.14. The Morgan fingerprint density at radius 1 is 1.36 bits per heavy atom. The van der Waals surface area contributed by atoms with E-state index in [2.05, 4.69) is 18.8 Å². The van der Waals surface area contributed by atoms with Gasteiger partial charge < -0.3 is 5.32 Å². The van der Waals surface area contributed by atoms with Crippen molar-refractivity contribution in [1.29, 1.82) is 0 Å². The molecule has 1 nitrogen and oxygen atoms in total. The van der Waals surface area contributed by atoms with Gasteiger partial charge in [-0.3, -0.25) is 0 Å². The summed E-state index contributed by atoms with van der Waals surface area (Å²) in [6.45, 7) is 7.51. The van der Waals surface area contributed by atoms with Gasteiger partial charge in [0.15, 0.2) is 0 Å². The van der Waals surface area contributed by atoms with Crippen molar-refractivity contribution >= 4 is 11.6 Å². The fourth-order valence-electron chi connectivity index (χ4n) is 1.49. The number of alkyl halides is 1. The van der Waals surface area contributed by atoms with E-state index in [0.717, 1.165) is 25.3 Å². The molecule has 1 N–H and O–H groups in total. The normalized spacial score (nSPS) is 12.8. The molecule has 0 aliphatic carbocycles. The summed E-state index contributed by atoms with van der Waals surface area (Å²) in [5, 5.41) is 3.16. The molecule has 0 aromatic carbocycles. The van der Waals surface area contributed by atoms with Crippen molar-refractivity contribution in [1.82, 2.24) is 5.32 Å². The molecule has 14 heavy (non-hydrogen) atoms. The predicted molar refractivity (Wildman–Crippen MR) is 66.0 cm³/mol. The first-order valence-electron chi connectivity index (χ1n) is 5.60. The molecular weight excluding hydrogens is 194 g/mol. The third-order valence-electron chi connectivity index (χ3n) is 2.64. The number of hydrogen-bond donors (Lipinski definition) is 1. The van der Waals surface area contributed by atoms with Crippen LogP contribution in [0.3, 0.4) is 0 Å². The number of allylic oxidation sites excluding steroid dienone is 1. The molecule has 0 aromatic rings. The zero-order valence-electron chi connectivity index (χ0n) is 9.61. The molecule has 0 rings (SSSR count). The molecule has 0 saturated heterocycles. The summed E-state index contributed by atoms with van der Waals surface area (Å²) < 4.78 is 0. The number of unbranched alkanes of at least 4 members (excludes halogenated alkanes) is 1. The standard InChI is InChI=1S/C12H24ClN/c1-11(7-4-5-9-13)12(2)8-6-10-14-3/h11,14H,2,4-10H2,1,3H3. The van der Waals surface area contributed by atoms with Crippen molar-refractivity contribution < 1.29 is 0 Å². The van der Waals surface area contributed by atoms with Gasteiger partial charge >= 0.3 is 0 Å². The molecule has 2 heteroatoms. The number of rotatable bonds is 9. The smallest absolute Gasteiger partial charge is 0.0223 e. The largest absolute Gasteiger partial charge is 0.320 e. The van der Waals surface area contributed by atoms with Crippen LogP contribution in [0.1, 0.15) is 39.0 Å². The Bertz CT molecular complexity index is 145. The Morgan fingerprint density at radius 3 is 2.64 bits per heavy atom. The molecule has 1 atom stereocenters. The second-order valence-corrected chi connectivity index (χ2v) is 4.33. The fourth-order valence-corrected chi connectivity index (χ4v) is 1.68. The average Bonchev–Trinajstić information content (AvgIpc) is 2.18. The van der Waals surface area contributed by atoms with Gasteiger partial charge in [-0.2, -0.15) is 0 Å². The van der Waals surface area contributed by atoms with E-state index >= 15 is 0 Å². The lowest BCUT2D eigenvalue weighted by molar-refractivity contribution is 0.547. The molecular formula is C12H24ClN. The van der Waals surface area contributed by atoms with Crippen LogP contribution in [0, 0.1) is 5.92 Å². The summed E-state index contributed by atoms with van der Waals surface area (Å²) in [6, 6.07) is 0. The maximum Gasteiger partial charge on any atom is 0.0223 e. The van der Waals surface area contributed by atoms with E-state index in [4.69, 9.17) is 11.6 Å². The van der Waals surface area contributed by atoms with E-state index in [-0.39, 0.29) is 0 Å². The first kappa shape index (κ1) is 14.0. The quantitative estimate of drug-likeness (QED) is 0.354. The highest BCUT2D eigenvalue weighted by Gasteiger charge is 2.05. The molecule has 84 valence electrons. The lowest BCUT2D eigenvalue weighted by Crippen LogP contribution is -2.08. The van der Waals surface area contributed by atoms with E-state index in [1.807, 2.05) is 7.05 Å². The van der Waals surface area contributed by atoms with Crippen molar-refractivity contribution in [3.8, 4) is 0 Å². The van der Waals surface area contributed by atoms with Crippen LogP contribution in [0.15, 0.2) is 12.2 Å². The summed E-state index contributed by atoms with van der Waals surface area (Å²) in [5.41, 5.74) is 1.40. The molecule has 0 aliphatic heterocycles. The van der Waals surface area contributed by atoms with Crippen LogP contribution in [-0.4, -0.2) is 19.5 Å². The maximum atomic E-state index is 5.64. The monoisotopic (exact) mass is 217 g/mol. The highest BCUT2D eigenvalue weighted by atomic mass is 35.5. The van der Waals surface area contributed by atoms with Gasteiger partial charge in [0, 0.05) is 5.88 Å². The zero-order valence-corrected chi connectivity index (χ0v) is 10.4. The zero-order chi connectivity index (χ0) is 10.8. The van der Waals surface area contributed by atoms with Gasteiger partial charge in [-0.25, -0.2) is 0 Å². The summed E-state index contributed by atoms with van der Waals surface area (Å²) in [4.78, 5) is 0. The Kier molecular flexibility index (Phi) is 9.53. The van der Waals surface area contributed by atoms with Crippen LogP contribution < -0.4 is 5.32 Å². The van der Waals surface area contributed by atoms with E-state index in [1.165, 1.54) is 24.8 Å². The van der Waals surface area contributed by atoms with Crippen LogP contribution in [0.2, 0.25) is 0 Å². The molecule has 0 saturated carbocycles. The lowest BCUT2D eigenvalue weighted by Gasteiger charge is -2.14. The van der Waals surface area contributed by atoms with Gasteiger partial charge in [-0.1, -0.05) is 25.5 Å². The minimum Gasteiger partial charge on any atom is -0.320 e. The van der Waals surface area contributed by atoms with E-state index < -0.39 is 0 Å². The van der Waals surface area contributed by atoms with E-state index in [0.29, 0.717) is 5.92 Å². The molecule has 0 amide bonds. The fraction of sp³-hybridized carbons (Fsp3) is 0.833. The van der Waals surface area contributed by atoms with E-state index in [9.17, 15) is 0 Å². The van der Waals surface area contributed by atoms with Crippen molar-refractivity contribution in [2.45, 2.75) is 39.0 Å². The summed E-state index contributed by atoms with van der Waals surface area (Å²) in [6.07, 6.45) is 5.97. The van der Waals surface area contributed by atoms with Gasteiger partial charge in [-0.15, -0.1) is 11.6 Å². The molecule has 0 bridgehead atoms. The Hall–Kier alpha value is -0.0100. The Labute approximate surface area is 93.9 Å². The highest BCUT2D eigenvalue weighted by Crippen LogP contribution is 2.19. The molecule has 1 unspecified atom stereocenters. The second kappa shape index (κ2) is 9.54. The Morgan fingerprint density at radius 2 is 2.07 bits per heavy atom. The Balaban J connectivity index is 3.44. The summed E-state index contributed by atoms with van der Waals surface area (Å²) in [5.74, 6) is 1.45. The number of hydrogen-bond acceptors (Lipinski definition) is 1. The molecule has 0 spiro atoms. The van der Waals surface area contributed by atoms with Crippen LogP contribution in [0.4, 0.5) is 0 Å². The van der Waals surface area contributed by atoms with Crippen LogP contribution in [-0.2, 0) is 0 Å². The van der Waals surface area contributed by atoms with Gasteiger partial charge in [-0.05, 0) is 45.2 Å². The summed E-state index contributed by atoms with van der Waals surface area (Å²) in [7, 11) is 1.99. The third-order valence-corrected chi connectivity index (χ3v) is 2.91. The minimum absolute atomic E-state index is 0.662. The van der Waals surface area contributed by atoms with Crippen molar-refractivity contribution in [3.63, 3.8) is 0 Å². The van der Waals surface area contributed by atoms with Gasteiger partial charge in [0.25, 0.3) is 0 Å². The minimum atomic E-state index is 0.662. The van der Waals surface area contributed by atoms with Crippen LogP contribution in [0.5, 0.6) is 0 Å². The van der Waals surface area contributed by atoms with Gasteiger partial charge in [0.1, 0.15) is 0 Å². The first-order chi connectivity index (χ1) is 6.72. The van der Waals surface area contributed by atoms with Crippen LogP contribution in [0.25, 0.3) is 0 Å². The molecule has 0 heterocycles. The second-order valence-electron chi connectivity index (χ2n) is 3.95. The molecule has 0 aromatic heterocycles. The topological polar surface area (TPSA) is 12.0 Å².